The number of nitrogens with one attached hydrogen (secondary N) is 2. The van der Waals surface area contributed by atoms with Crippen molar-refractivity contribution >= 4 is 22.5 Å². The minimum atomic E-state index is 0.0389. The number of H-pyrrole nitrogens is 2. The molecule has 28 heavy (non-hydrogen) atoms. The standard InChI is InChI=1S/C22H28N4O2/c1-22(2)9-7-16-19(13-22)24-25-21(16)18-11-14-5-6-15(12-17(14)23-18)26(3)20(27)8-10-28-4/h5-6,11-12,23H,7-10,13H2,1-4H3,(H,24,25). The smallest absolute Gasteiger partial charge is 0.229 e. The van der Waals surface area contributed by atoms with Gasteiger partial charge in [-0.1, -0.05) is 19.9 Å². The number of hydrogen-bond donors (Lipinski definition) is 2. The van der Waals surface area contributed by atoms with Crippen molar-refractivity contribution in [2.45, 2.75) is 39.5 Å². The molecule has 148 valence electrons. The van der Waals surface area contributed by atoms with Crippen LogP contribution in [0.15, 0.2) is 24.3 Å². The first kappa shape index (κ1) is 18.7. The van der Waals surface area contributed by atoms with Crippen molar-refractivity contribution in [1.29, 1.82) is 0 Å². The van der Waals surface area contributed by atoms with Crippen molar-refractivity contribution in [1.82, 2.24) is 15.2 Å². The Kier molecular flexibility index (Phi) is 4.75. The van der Waals surface area contributed by atoms with Crippen LogP contribution in [0.25, 0.3) is 22.3 Å². The summed E-state index contributed by atoms with van der Waals surface area (Å²) in [5, 5.41) is 8.98. The number of ether oxygens (including phenoxy) is 1. The maximum Gasteiger partial charge on any atom is 0.229 e. The number of benzene rings is 1. The summed E-state index contributed by atoms with van der Waals surface area (Å²) >= 11 is 0. The van der Waals surface area contributed by atoms with Gasteiger partial charge >= 0.3 is 0 Å². The lowest BCUT2D eigenvalue weighted by Gasteiger charge is -2.28. The number of aromatic amines is 2. The summed E-state index contributed by atoms with van der Waals surface area (Å²) in [6.07, 6.45) is 3.63. The minimum absolute atomic E-state index is 0.0389. The van der Waals surface area contributed by atoms with Crippen LogP contribution in [-0.2, 0) is 22.4 Å². The first-order chi connectivity index (χ1) is 13.4. The van der Waals surface area contributed by atoms with E-state index in [0.29, 0.717) is 18.4 Å². The summed E-state index contributed by atoms with van der Waals surface area (Å²) in [6.45, 7) is 5.05. The Balaban J connectivity index is 1.63. The normalized spacial score (nSPS) is 15.6. The molecule has 0 fully saturated rings. The van der Waals surface area contributed by atoms with Crippen LogP contribution >= 0.6 is 0 Å². The molecule has 1 aliphatic rings. The second kappa shape index (κ2) is 7.09. The zero-order valence-corrected chi connectivity index (χ0v) is 17.1. The van der Waals surface area contributed by atoms with Crippen LogP contribution in [0, 0.1) is 5.41 Å². The lowest BCUT2D eigenvalue weighted by Crippen LogP contribution is -2.26. The Bertz CT molecular complexity index is 1010. The molecule has 2 aromatic heterocycles. The van der Waals surface area contributed by atoms with Crippen LogP contribution in [-0.4, -0.2) is 41.9 Å². The number of nitrogens with zero attached hydrogens (tertiary/aromatic N) is 2. The van der Waals surface area contributed by atoms with E-state index in [-0.39, 0.29) is 5.91 Å². The summed E-state index contributed by atoms with van der Waals surface area (Å²) in [5.41, 5.74) is 6.84. The predicted molar refractivity (Wildman–Crippen MR) is 112 cm³/mol. The van der Waals surface area contributed by atoms with Crippen molar-refractivity contribution in [3.63, 3.8) is 0 Å². The second-order valence-electron chi connectivity index (χ2n) is 8.52. The van der Waals surface area contributed by atoms with E-state index in [2.05, 4.69) is 35.1 Å². The number of rotatable bonds is 5. The number of carbonyl (C=O) groups excluding carboxylic acids is 1. The molecule has 3 aromatic rings. The molecule has 6 nitrogen and oxygen atoms in total. The van der Waals surface area contributed by atoms with Gasteiger partial charge in [0.15, 0.2) is 0 Å². The number of aromatic nitrogens is 3. The van der Waals surface area contributed by atoms with Crippen molar-refractivity contribution in [2.24, 2.45) is 5.41 Å². The third kappa shape index (κ3) is 3.44. The summed E-state index contributed by atoms with van der Waals surface area (Å²) in [7, 11) is 3.41. The van der Waals surface area contributed by atoms with Crippen LogP contribution in [0.5, 0.6) is 0 Å². The molecule has 0 atom stereocenters. The molecule has 0 unspecified atom stereocenters. The van der Waals surface area contributed by atoms with E-state index in [1.807, 2.05) is 18.2 Å². The van der Waals surface area contributed by atoms with E-state index in [0.717, 1.165) is 40.8 Å². The number of carbonyl (C=O) groups is 1. The summed E-state index contributed by atoms with van der Waals surface area (Å²) < 4.78 is 5.01. The fourth-order valence-electron chi connectivity index (χ4n) is 4.02. The highest BCUT2D eigenvalue weighted by molar-refractivity contribution is 5.96. The van der Waals surface area contributed by atoms with Crippen molar-refractivity contribution in [3.8, 4) is 11.4 Å². The SMILES string of the molecule is COCCC(=O)N(C)c1ccc2cc(-c3n[nH]c4c3CCC(C)(C)C4)[nH]c2c1. The highest BCUT2D eigenvalue weighted by atomic mass is 16.5. The van der Waals surface area contributed by atoms with Crippen LogP contribution in [0.3, 0.4) is 0 Å². The third-order valence-corrected chi connectivity index (χ3v) is 5.80. The van der Waals surface area contributed by atoms with Crippen molar-refractivity contribution < 1.29 is 9.53 Å². The predicted octanol–water partition coefficient (Wildman–Crippen LogP) is 4.07. The number of methoxy groups -OCH3 is 1. The Morgan fingerprint density at radius 3 is 2.93 bits per heavy atom. The molecule has 6 heteroatoms. The average Bonchev–Trinajstić information content (AvgIpc) is 3.26. The summed E-state index contributed by atoms with van der Waals surface area (Å²) in [5.74, 6) is 0.0389. The van der Waals surface area contributed by atoms with Gasteiger partial charge in [0.2, 0.25) is 5.91 Å². The lowest BCUT2D eigenvalue weighted by molar-refractivity contribution is -0.119. The van der Waals surface area contributed by atoms with Gasteiger partial charge in [-0.05, 0) is 42.9 Å². The number of hydrogen-bond acceptors (Lipinski definition) is 3. The zero-order chi connectivity index (χ0) is 19.9. The first-order valence-electron chi connectivity index (χ1n) is 9.83. The summed E-state index contributed by atoms with van der Waals surface area (Å²) in [6, 6.07) is 8.19. The van der Waals surface area contributed by atoms with E-state index in [1.54, 1.807) is 19.1 Å². The molecule has 4 rings (SSSR count). The quantitative estimate of drug-likeness (QED) is 0.701. The van der Waals surface area contributed by atoms with E-state index >= 15 is 0 Å². The third-order valence-electron chi connectivity index (χ3n) is 5.80. The molecule has 0 radical (unpaired) electrons. The van der Waals surface area contributed by atoms with Gasteiger partial charge in [-0.15, -0.1) is 0 Å². The first-order valence-corrected chi connectivity index (χ1v) is 9.83. The van der Waals surface area contributed by atoms with Crippen LogP contribution < -0.4 is 4.90 Å². The van der Waals surface area contributed by atoms with Gasteiger partial charge in [0.25, 0.3) is 0 Å². The van der Waals surface area contributed by atoms with Crippen LogP contribution in [0.2, 0.25) is 0 Å². The van der Waals surface area contributed by atoms with E-state index in [1.165, 1.54) is 17.7 Å². The van der Waals surface area contributed by atoms with Crippen LogP contribution in [0.1, 0.15) is 37.9 Å². The molecule has 2 N–H and O–H groups in total. The van der Waals surface area contributed by atoms with Gasteiger partial charge in [-0.2, -0.15) is 5.10 Å². The lowest BCUT2D eigenvalue weighted by atomic mass is 9.76. The molecular weight excluding hydrogens is 352 g/mol. The molecule has 0 aliphatic heterocycles. The minimum Gasteiger partial charge on any atom is -0.384 e. The van der Waals surface area contributed by atoms with Crippen molar-refractivity contribution in [2.75, 3.05) is 25.7 Å². The average molecular weight is 380 g/mol. The summed E-state index contributed by atoms with van der Waals surface area (Å²) in [4.78, 5) is 17.4. The van der Waals surface area contributed by atoms with Crippen LogP contribution in [0.4, 0.5) is 5.69 Å². The maximum atomic E-state index is 12.3. The van der Waals surface area contributed by atoms with Gasteiger partial charge in [-0.25, -0.2) is 0 Å². The number of amides is 1. The second-order valence-corrected chi connectivity index (χ2v) is 8.52. The molecule has 0 saturated carbocycles. The zero-order valence-electron chi connectivity index (χ0n) is 17.1. The maximum absolute atomic E-state index is 12.3. The highest BCUT2D eigenvalue weighted by Crippen LogP contribution is 2.38. The Hall–Kier alpha value is -2.60. The molecular formula is C22H28N4O2. The van der Waals surface area contributed by atoms with Gasteiger partial charge in [0, 0.05) is 42.0 Å². The Morgan fingerprint density at radius 2 is 2.14 bits per heavy atom. The number of anilines is 1. The fourth-order valence-corrected chi connectivity index (χ4v) is 4.02. The number of fused-ring (bicyclic) bond motifs is 2. The fraction of sp³-hybridized carbons (Fsp3) is 0.455. The van der Waals surface area contributed by atoms with E-state index < -0.39 is 0 Å². The molecule has 1 aliphatic carbocycles. The van der Waals surface area contributed by atoms with E-state index in [9.17, 15) is 4.79 Å². The van der Waals surface area contributed by atoms with Gasteiger partial charge in [0.1, 0.15) is 5.69 Å². The molecule has 2 heterocycles. The van der Waals surface area contributed by atoms with Crippen molar-refractivity contribution in [3.05, 3.63) is 35.5 Å². The highest BCUT2D eigenvalue weighted by Gasteiger charge is 2.29. The largest absolute Gasteiger partial charge is 0.384 e. The van der Waals surface area contributed by atoms with Gasteiger partial charge in [-0.3, -0.25) is 9.89 Å². The Labute approximate surface area is 165 Å². The molecule has 0 bridgehead atoms. The molecule has 1 aromatic carbocycles. The molecule has 1 amide bonds. The Morgan fingerprint density at radius 1 is 1.32 bits per heavy atom. The molecule has 0 spiro atoms. The van der Waals surface area contributed by atoms with Gasteiger partial charge < -0.3 is 14.6 Å². The topological polar surface area (TPSA) is 74.0 Å². The van der Waals surface area contributed by atoms with Gasteiger partial charge in [0.05, 0.1) is 18.7 Å². The molecule has 0 saturated heterocycles. The monoisotopic (exact) mass is 380 g/mol. The van der Waals surface area contributed by atoms with E-state index in [4.69, 9.17) is 4.74 Å².